The van der Waals surface area contributed by atoms with Crippen LogP contribution in [-0.4, -0.2) is 129 Å². The van der Waals surface area contributed by atoms with Gasteiger partial charge in [-0.2, -0.15) is 0 Å². The molecule has 8 fully saturated rings. The molecule has 0 bridgehead atoms. The molecule has 464 valence electrons. The first kappa shape index (κ1) is 68.0. The van der Waals surface area contributed by atoms with E-state index in [1.807, 2.05) is 0 Å². The van der Waals surface area contributed by atoms with Gasteiger partial charge in [-0.15, -0.1) is 0 Å². The number of aliphatic hydroxyl groups excluding tert-OH is 4. The van der Waals surface area contributed by atoms with Crippen LogP contribution in [0.25, 0.3) is 0 Å². The highest BCUT2D eigenvalue weighted by atomic mass is 31.2. The Morgan fingerprint density at radius 1 is 0.506 bits per heavy atom. The molecule has 79 heavy (non-hydrogen) atoms. The Hall–Kier alpha value is -0.100. The summed E-state index contributed by atoms with van der Waals surface area (Å²) in [6.07, 6.45) is 24.3. The van der Waals surface area contributed by atoms with Crippen LogP contribution in [-0.2, 0) is 46.2 Å². The first-order chi connectivity index (χ1) is 37.2. The van der Waals surface area contributed by atoms with Crippen molar-refractivity contribution in [3.8, 4) is 0 Å². The van der Waals surface area contributed by atoms with E-state index in [4.69, 9.17) is 42.7 Å². The minimum Gasteiger partial charge on any atom is -0.756 e. The number of phosphoric ester groups is 2. The highest BCUT2D eigenvalue weighted by Gasteiger charge is 2.68. The van der Waals surface area contributed by atoms with Crippen LogP contribution in [0.5, 0.6) is 0 Å². The second kappa shape index (κ2) is 30.0. The van der Waals surface area contributed by atoms with E-state index in [0.717, 1.165) is 57.3 Å². The molecule has 5 N–H and O–H groups in total. The molecule has 22 atom stereocenters. The van der Waals surface area contributed by atoms with E-state index < -0.39 is 22.3 Å². The van der Waals surface area contributed by atoms with Gasteiger partial charge < -0.3 is 58.2 Å². The maximum atomic E-state index is 12.2. The summed E-state index contributed by atoms with van der Waals surface area (Å²) in [5.41, 5.74) is 0.555. The summed E-state index contributed by atoms with van der Waals surface area (Å²) in [6.45, 7) is 19.2. The highest BCUT2D eigenvalue weighted by Crippen LogP contribution is 2.71. The second-order valence-corrected chi connectivity index (χ2v) is 29.6. The van der Waals surface area contributed by atoms with Gasteiger partial charge in [0.25, 0.3) is 7.82 Å². The van der Waals surface area contributed by atoms with Gasteiger partial charge >= 0.3 is 7.82 Å². The van der Waals surface area contributed by atoms with Crippen molar-refractivity contribution in [2.75, 3.05) is 79.3 Å². The molecule has 18 heteroatoms. The van der Waals surface area contributed by atoms with Crippen molar-refractivity contribution >= 4 is 15.6 Å². The lowest BCUT2D eigenvalue weighted by molar-refractivity contribution is -0.232. The van der Waals surface area contributed by atoms with Crippen molar-refractivity contribution < 1.29 is 76.4 Å². The number of hydrogen-bond donors (Lipinski definition) is 5. The van der Waals surface area contributed by atoms with Gasteiger partial charge in [-0.25, -0.2) is 4.57 Å². The Kier molecular flexibility index (Phi) is 25.8. The van der Waals surface area contributed by atoms with Crippen LogP contribution in [0, 0.1) is 92.7 Å². The number of ether oxygens (including phenoxy) is 4. The first-order valence-electron chi connectivity index (χ1n) is 31.4. The predicted molar refractivity (Wildman–Crippen MR) is 305 cm³/mol. The van der Waals surface area contributed by atoms with E-state index in [-0.39, 0.29) is 108 Å². The monoisotopic (exact) mass is 1160 g/mol. The Bertz CT molecular complexity index is 1920. The lowest BCUT2D eigenvalue weighted by atomic mass is 9.43. The standard InChI is InChI=1S/C32H60O12P2.C28H50O4.CH4/c1-5-8-23(2)25-10-11-26-30-27(22-29(32(25,26)4)40-18-20-44-46(37,38)42-16-14-34)31(3)12-7-6-9-24(31)21-28(30)39-17-19-43-45(35,36)41-15-13-33;1-5-8-19(2)21-10-11-22-26-23(18-25(28(21,22)4)32-16-14-30)27(3)12-7-6-9-20(27)17-24(26)31-15-13-29;/h23-30,33-34H,5-22H2,1-4H3,(H,35,36)(H,37,38);19-26,29-30H,5-18H2,1-4H3;1H4/p-1/t23-,24+,25-,26+,27+,28-,29+,30+,31+,32-;19-,20+,21-,22+,23+,24-,25+,26+,27+,28-;/m11./s1. The summed E-state index contributed by atoms with van der Waals surface area (Å²) in [5.74, 6) is 6.45. The van der Waals surface area contributed by atoms with Gasteiger partial charge in [0.15, 0.2) is 0 Å². The molecule has 0 amide bonds. The Morgan fingerprint density at radius 3 is 1.37 bits per heavy atom. The van der Waals surface area contributed by atoms with Crippen LogP contribution in [0.3, 0.4) is 0 Å². The van der Waals surface area contributed by atoms with Gasteiger partial charge in [0.2, 0.25) is 0 Å². The predicted octanol–water partition coefficient (Wildman–Crippen LogP) is 11.2. The molecule has 8 aliphatic rings. The van der Waals surface area contributed by atoms with Gasteiger partial charge in [-0.1, -0.05) is 114 Å². The number of hydrogen-bond acceptors (Lipinski definition) is 15. The number of phosphoric acid groups is 2. The molecule has 8 saturated carbocycles. The topological polar surface area (TPSA) is 232 Å². The summed E-state index contributed by atoms with van der Waals surface area (Å²) in [4.78, 5) is 22.0. The minimum atomic E-state index is -4.50. The number of fused-ring (bicyclic) bond motifs is 10. The number of rotatable bonds is 28. The Labute approximate surface area is 477 Å². The van der Waals surface area contributed by atoms with Crippen molar-refractivity contribution in [1.82, 2.24) is 0 Å². The molecule has 0 aromatic carbocycles. The minimum absolute atomic E-state index is 0. The zero-order valence-corrected chi connectivity index (χ0v) is 51.3. The summed E-state index contributed by atoms with van der Waals surface area (Å²) in [5, 5.41) is 37.0. The molecule has 0 aliphatic heterocycles. The van der Waals surface area contributed by atoms with Crippen LogP contribution < -0.4 is 4.89 Å². The highest BCUT2D eigenvalue weighted by molar-refractivity contribution is 7.47. The van der Waals surface area contributed by atoms with Crippen LogP contribution in [0.15, 0.2) is 0 Å². The van der Waals surface area contributed by atoms with E-state index in [1.165, 1.54) is 77.0 Å². The van der Waals surface area contributed by atoms with Crippen LogP contribution >= 0.6 is 15.6 Å². The van der Waals surface area contributed by atoms with Gasteiger partial charge in [0.05, 0.1) is 104 Å². The summed E-state index contributed by atoms with van der Waals surface area (Å²) in [7, 11) is -8.77. The molecule has 0 heterocycles. The van der Waals surface area contributed by atoms with Crippen LogP contribution in [0.4, 0.5) is 0 Å². The van der Waals surface area contributed by atoms with Crippen LogP contribution in [0.1, 0.15) is 191 Å². The van der Waals surface area contributed by atoms with E-state index in [1.54, 1.807) is 0 Å². The molecule has 16 nitrogen and oxygen atoms in total. The average molecular weight is 1160 g/mol. The Balaban J connectivity index is 0.000000268. The quantitative estimate of drug-likeness (QED) is 0.0362. The normalized spacial score (nSPS) is 41.7. The van der Waals surface area contributed by atoms with Gasteiger partial charge in [-0.3, -0.25) is 13.6 Å². The van der Waals surface area contributed by atoms with Crippen molar-refractivity contribution in [3.05, 3.63) is 0 Å². The number of aliphatic hydroxyl groups is 4. The first-order valence-corrected chi connectivity index (χ1v) is 34.3. The third-order valence-electron chi connectivity index (χ3n) is 23.1. The van der Waals surface area contributed by atoms with Crippen molar-refractivity contribution in [2.45, 2.75) is 216 Å². The fraction of sp³-hybridized carbons (Fsp3) is 1.00. The fourth-order valence-corrected chi connectivity index (χ4v) is 21.3. The van der Waals surface area contributed by atoms with Crippen molar-refractivity contribution in [3.63, 3.8) is 0 Å². The van der Waals surface area contributed by atoms with E-state index >= 15 is 0 Å². The van der Waals surface area contributed by atoms with Gasteiger partial charge in [0, 0.05) is 10.8 Å². The SMILES string of the molecule is C.CCC[C@@H](C)[C@H]1CC[C@H]2[C@@H]3[C@H](OCCO)C[C@@H]4CCCC[C@]4(C)[C@H]3C[C@H](OCCO)[C@]12C.CCC[C@@H](C)[C@H]1CC[C@H]2[C@@H]3[C@H](OCCOP(=O)([O-])OCCO)C[C@@H]4CCCC[C@]4(C)[C@H]3C[C@H](OCCOP(=O)(O)OCCO)[C@]12C. The molecule has 0 aromatic rings. The third kappa shape index (κ3) is 14.8. The summed E-state index contributed by atoms with van der Waals surface area (Å²) in [6, 6.07) is 0. The summed E-state index contributed by atoms with van der Waals surface area (Å²) >= 11 is 0. The third-order valence-corrected chi connectivity index (χ3v) is 25.2. The molecule has 0 aromatic heterocycles. The maximum absolute atomic E-state index is 12.2. The molecule has 0 saturated heterocycles. The molecule has 8 aliphatic carbocycles. The summed E-state index contributed by atoms with van der Waals surface area (Å²) < 4.78 is 70.2. The average Bonchev–Trinajstić information content (AvgIpc) is 3.06. The smallest absolute Gasteiger partial charge is 0.472 e. The fourth-order valence-electron chi connectivity index (χ4n) is 19.9. The zero-order valence-electron chi connectivity index (χ0n) is 49.5. The molecular weight excluding hydrogens is 1050 g/mol. The van der Waals surface area contributed by atoms with E-state index in [2.05, 4.69) is 59.9 Å². The lowest BCUT2D eigenvalue weighted by Crippen LogP contribution is -2.62. The maximum Gasteiger partial charge on any atom is 0.472 e. The van der Waals surface area contributed by atoms with Gasteiger partial charge in [0.1, 0.15) is 0 Å². The second-order valence-electron chi connectivity index (χ2n) is 26.7. The largest absolute Gasteiger partial charge is 0.756 e. The molecule has 2 unspecified atom stereocenters. The lowest BCUT2D eigenvalue weighted by Gasteiger charge is -2.64. The molecular formula is C61H113O16P2-. The van der Waals surface area contributed by atoms with Crippen molar-refractivity contribution in [2.24, 2.45) is 92.7 Å². The molecule has 0 spiro atoms. The van der Waals surface area contributed by atoms with Crippen molar-refractivity contribution in [1.29, 1.82) is 0 Å². The van der Waals surface area contributed by atoms with E-state index in [0.29, 0.717) is 83.7 Å². The van der Waals surface area contributed by atoms with Crippen LogP contribution in [0.2, 0.25) is 0 Å². The Morgan fingerprint density at radius 2 is 0.899 bits per heavy atom. The zero-order chi connectivity index (χ0) is 56.5. The van der Waals surface area contributed by atoms with Gasteiger partial charge in [-0.05, 0) is 159 Å². The molecule has 8 rings (SSSR count). The molecule has 0 radical (unpaired) electrons. The van der Waals surface area contributed by atoms with E-state index in [9.17, 15) is 29.1 Å².